The molecule has 0 aliphatic heterocycles. The summed E-state index contributed by atoms with van der Waals surface area (Å²) in [5.74, 6) is 1.60. The molecule has 0 unspecified atom stereocenters. The number of imidazole rings is 1. The number of rotatable bonds is 2. The zero-order valence-electron chi connectivity index (χ0n) is 8.85. The van der Waals surface area contributed by atoms with E-state index < -0.39 is 0 Å². The Labute approximate surface area is 107 Å². The van der Waals surface area contributed by atoms with Crippen LogP contribution in [0.15, 0.2) is 53.3 Å². The number of nitrogens with zero attached hydrogens (tertiary/aromatic N) is 1. The first-order valence-corrected chi connectivity index (χ1v) is 5.98. The van der Waals surface area contributed by atoms with Crippen LogP contribution in [-0.2, 0) is 0 Å². The number of hydrogen-bond acceptors (Lipinski definition) is 2. The molecule has 2 aromatic carbocycles. The van der Waals surface area contributed by atoms with Crippen LogP contribution in [0.25, 0.3) is 11.0 Å². The van der Waals surface area contributed by atoms with E-state index in [2.05, 4.69) is 25.9 Å². The predicted molar refractivity (Wildman–Crippen MR) is 70.3 cm³/mol. The molecule has 1 aromatic heterocycles. The fourth-order valence-corrected chi connectivity index (χ4v) is 2.21. The molecule has 84 valence electrons. The number of hydrogen-bond donors (Lipinski definition) is 1. The lowest BCUT2D eigenvalue weighted by Gasteiger charge is -2.06. The molecule has 0 aliphatic carbocycles. The first-order chi connectivity index (χ1) is 8.33. The van der Waals surface area contributed by atoms with Crippen LogP contribution < -0.4 is 4.74 Å². The van der Waals surface area contributed by atoms with E-state index in [1.165, 1.54) is 0 Å². The van der Waals surface area contributed by atoms with E-state index in [-0.39, 0.29) is 0 Å². The Bertz CT molecular complexity index is 649. The Morgan fingerprint density at radius 1 is 1.06 bits per heavy atom. The number of fused-ring (bicyclic) bond motifs is 1. The number of nitrogens with one attached hydrogen (secondary N) is 1. The van der Waals surface area contributed by atoms with Crippen molar-refractivity contribution < 1.29 is 4.74 Å². The fraction of sp³-hybridized carbons (Fsp3) is 0. The van der Waals surface area contributed by atoms with Crippen molar-refractivity contribution in [3.8, 4) is 11.5 Å². The van der Waals surface area contributed by atoms with Crippen LogP contribution >= 0.6 is 15.9 Å². The van der Waals surface area contributed by atoms with Crippen LogP contribution in [-0.4, -0.2) is 9.97 Å². The Hall–Kier alpha value is -1.81. The van der Waals surface area contributed by atoms with Crippen LogP contribution in [0.4, 0.5) is 0 Å². The third kappa shape index (κ3) is 2.03. The first-order valence-electron chi connectivity index (χ1n) is 5.18. The standard InChI is InChI=1S/C13H9BrN2O/c14-11-6-10(7-12-13(11)16-8-15-12)17-9-4-2-1-3-5-9/h1-8H,(H,15,16). The molecule has 1 heterocycles. The van der Waals surface area contributed by atoms with Gasteiger partial charge in [-0.1, -0.05) is 18.2 Å². The van der Waals surface area contributed by atoms with Gasteiger partial charge in [0.05, 0.1) is 11.8 Å². The number of H-pyrrole nitrogens is 1. The van der Waals surface area contributed by atoms with E-state index in [0.717, 1.165) is 27.0 Å². The summed E-state index contributed by atoms with van der Waals surface area (Å²) in [5.41, 5.74) is 1.86. The second-order valence-electron chi connectivity index (χ2n) is 3.62. The van der Waals surface area contributed by atoms with Gasteiger partial charge in [0, 0.05) is 10.5 Å². The van der Waals surface area contributed by atoms with Gasteiger partial charge in [-0.3, -0.25) is 0 Å². The average Bonchev–Trinajstić information content (AvgIpc) is 2.79. The molecule has 0 bridgehead atoms. The van der Waals surface area contributed by atoms with Gasteiger partial charge in [-0.25, -0.2) is 4.98 Å². The monoisotopic (exact) mass is 288 g/mol. The Kier molecular flexibility index (Phi) is 2.57. The van der Waals surface area contributed by atoms with Gasteiger partial charge in [0.2, 0.25) is 0 Å². The third-order valence-corrected chi connectivity index (χ3v) is 3.03. The van der Waals surface area contributed by atoms with Gasteiger partial charge < -0.3 is 9.72 Å². The van der Waals surface area contributed by atoms with Crippen molar-refractivity contribution in [1.29, 1.82) is 0 Å². The summed E-state index contributed by atoms with van der Waals surface area (Å²) in [7, 11) is 0. The van der Waals surface area contributed by atoms with Crippen molar-refractivity contribution in [2.45, 2.75) is 0 Å². The van der Waals surface area contributed by atoms with Gasteiger partial charge in [-0.05, 0) is 34.1 Å². The highest BCUT2D eigenvalue weighted by Gasteiger charge is 2.05. The SMILES string of the molecule is Brc1cc(Oc2ccccc2)cc2[nH]cnc12. The van der Waals surface area contributed by atoms with Gasteiger partial charge >= 0.3 is 0 Å². The van der Waals surface area contributed by atoms with Crippen molar-refractivity contribution in [1.82, 2.24) is 9.97 Å². The number of ether oxygens (including phenoxy) is 1. The van der Waals surface area contributed by atoms with Crippen molar-refractivity contribution in [3.63, 3.8) is 0 Å². The molecule has 3 nitrogen and oxygen atoms in total. The number of aromatic amines is 1. The quantitative estimate of drug-likeness (QED) is 0.770. The summed E-state index contributed by atoms with van der Waals surface area (Å²) < 4.78 is 6.68. The zero-order valence-corrected chi connectivity index (χ0v) is 10.4. The molecule has 4 heteroatoms. The van der Waals surface area contributed by atoms with Crippen LogP contribution in [0, 0.1) is 0 Å². The average molecular weight is 289 g/mol. The number of benzene rings is 2. The molecule has 0 aliphatic rings. The van der Waals surface area contributed by atoms with Gasteiger partial charge in [0.25, 0.3) is 0 Å². The summed E-state index contributed by atoms with van der Waals surface area (Å²) in [6.07, 6.45) is 1.67. The Morgan fingerprint density at radius 3 is 2.71 bits per heavy atom. The molecule has 0 spiro atoms. The van der Waals surface area contributed by atoms with Crippen molar-refractivity contribution in [2.24, 2.45) is 0 Å². The summed E-state index contributed by atoms with van der Waals surface area (Å²) in [6, 6.07) is 13.5. The largest absolute Gasteiger partial charge is 0.457 e. The highest BCUT2D eigenvalue weighted by atomic mass is 79.9. The smallest absolute Gasteiger partial charge is 0.130 e. The summed E-state index contributed by atoms with van der Waals surface area (Å²) >= 11 is 3.48. The molecule has 0 atom stereocenters. The lowest BCUT2D eigenvalue weighted by Crippen LogP contribution is -1.84. The lowest BCUT2D eigenvalue weighted by atomic mass is 10.3. The maximum Gasteiger partial charge on any atom is 0.130 e. The van der Waals surface area contributed by atoms with E-state index >= 15 is 0 Å². The second-order valence-corrected chi connectivity index (χ2v) is 4.47. The van der Waals surface area contributed by atoms with E-state index in [0.29, 0.717) is 0 Å². The molecule has 0 fully saturated rings. The topological polar surface area (TPSA) is 37.9 Å². The van der Waals surface area contributed by atoms with Crippen molar-refractivity contribution >= 4 is 27.0 Å². The normalized spacial score (nSPS) is 10.6. The zero-order chi connectivity index (χ0) is 11.7. The first kappa shape index (κ1) is 10.4. The number of para-hydroxylation sites is 1. The maximum atomic E-state index is 5.76. The molecule has 1 N–H and O–H groups in total. The van der Waals surface area contributed by atoms with Crippen molar-refractivity contribution in [3.05, 3.63) is 53.3 Å². The van der Waals surface area contributed by atoms with Gasteiger partial charge in [-0.15, -0.1) is 0 Å². The molecule has 0 saturated heterocycles. The minimum Gasteiger partial charge on any atom is -0.457 e. The van der Waals surface area contributed by atoms with E-state index in [1.807, 2.05) is 42.5 Å². The number of halogens is 1. The molecule has 3 aromatic rings. The van der Waals surface area contributed by atoms with Crippen molar-refractivity contribution in [2.75, 3.05) is 0 Å². The molecule has 0 radical (unpaired) electrons. The predicted octanol–water partition coefficient (Wildman–Crippen LogP) is 4.12. The molecule has 17 heavy (non-hydrogen) atoms. The fourth-order valence-electron chi connectivity index (χ4n) is 1.67. The lowest BCUT2D eigenvalue weighted by molar-refractivity contribution is 0.483. The van der Waals surface area contributed by atoms with E-state index in [4.69, 9.17) is 4.74 Å². The van der Waals surface area contributed by atoms with Crippen LogP contribution in [0.1, 0.15) is 0 Å². The minimum atomic E-state index is 0.778. The summed E-state index contributed by atoms with van der Waals surface area (Å²) in [6.45, 7) is 0. The summed E-state index contributed by atoms with van der Waals surface area (Å²) in [5, 5.41) is 0. The van der Waals surface area contributed by atoms with E-state index in [1.54, 1.807) is 6.33 Å². The van der Waals surface area contributed by atoms with Crippen LogP contribution in [0.2, 0.25) is 0 Å². The highest BCUT2D eigenvalue weighted by molar-refractivity contribution is 9.10. The number of aromatic nitrogens is 2. The minimum absolute atomic E-state index is 0.778. The molecular formula is C13H9BrN2O. The maximum absolute atomic E-state index is 5.76. The van der Waals surface area contributed by atoms with Crippen LogP contribution in [0.5, 0.6) is 11.5 Å². The summed E-state index contributed by atoms with van der Waals surface area (Å²) in [4.78, 5) is 7.27. The molecule has 0 amide bonds. The second kappa shape index (κ2) is 4.22. The van der Waals surface area contributed by atoms with Gasteiger partial charge in [0.15, 0.2) is 0 Å². The van der Waals surface area contributed by atoms with Gasteiger partial charge in [-0.2, -0.15) is 0 Å². The Morgan fingerprint density at radius 2 is 1.88 bits per heavy atom. The highest BCUT2D eigenvalue weighted by Crippen LogP contribution is 2.29. The Balaban J connectivity index is 2.01. The van der Waals surface area contributed by atoms with Gasteiger partial charge in [0.1, 0.15) is 17.0 Å². The molecule has 3 rings (SSSR count). The third-order valence-electron chi connectivity index (χ3n) is 2.43. The van der Waals surface area contributed by atoms with Crippen LogP contribution in [0.3, 0.4) is 0 Å². The molecular weight excluding hydrogens is 280 g/mol. The molecule has 0 saturated carbocycles. The van der Waals surface area contributed by atoms with E-state index in [9.17, 15) is 0 Å².